The summed E-state index contributed by atoms with van der Waals surface area (Å²) >= 11 is 0. The maximum absolute atomic E-state index is 12.6. The first-order chi connectivity index (χ1) is 14.2. The van der Waals surface area contributed by atoms with E-state index in [0.29, 0.717) is 18.9 Å². The molecule has 0 unspecified atom stereocenters. The summed E-state index contributed by atoms with van der Waals surface area (Å²) in [7, 11) is 2.20. The van der Waals surface area contributed by atoms with Gasteiger partial charge in [0, 0.05) is 24.7 Å². The van der Waals surface area contributed by atoms with Crippen molar-refractivity contribution in [2.75, 3.05) is 19.2 Å². The van der Waals surface area contributed by atoms with Crippen LogP contribution in [0.1, 0.15) is 49.7 Å². The highest BCUT2D eigenvalue weighted by molar-refractivity contribution is 5.91. The number of rotatable bonds is 7. The van der Waals surface area contributed by atoms with Gasteiger partial charge in [0.05, 0.1) is 0 Å². The second-order valence-electron chi connectivity index (χ2n) is 8.10. The standard InChI is InChI=1S/C24H30N2O3/c1-26(20-8-3-2-4-9-20)16-19-7-5-6-10-21(19)25-24(27)14-12-18-11-13-22-23(15-18)29-17-28-22/h5-7,10-11,13,15,20H,2-4,8-9,12,14,16-17H2,1H3,(H,25,27). The van der Waals surface area contributed by atoms with Gasteiger partial charge in [-0.1, -0.05) is 43.5 Å². The number of amides is 1. The number of ether oxygens (including phenoxy) is 2. The summed E-state index contributed by atoms with van der Waals surface area (Å²) in [5, 5.41) is 3.12. The van der Waals surface area contributed by atoms with Crippen LogP contribution in [0.4, 0.5) is 5.69 Å². The molecular formula is C24H30N2O3. The fraction of sp³-hybridized carbons (Fsp3) is 0.458. The van der Waals surface area contributed by atoms with Gasteiger partial charge in [-0.15, -0.1) is 0 Å². The quantitative estimate of drug-likeness (QED) is 0.736. The molecule has 0 bridgehead atoms. The Balaban J connectivity index is 1.33. The largest absolute Gasteiger partial charge is 0.454 e. The van der Waals surface area contributed by atoms with Gasteiger partial charge in [0.2, 0.25) is 12.7 Å². The van der Waals surface area contributed by atoms with Crippen molar-refractivity contribution in [2.45, 2.75) is 57.5 Å². The van der Waals surface area contributed by atoms with Crippen molar-refractivity contribution >= 4 is 11.6 Å². The number of nitrogens with one attached hydrogen (secondary N) is 1. The summed E-state index contributed by atoms with van der Waals surface area (Å²) < 4.78 is 10.8. The predicted molar refractivity (Wildman–Crippen MR) is 114 cm³/mol. The van der Waals surface area contributed by atoms with Gasteiger partial charge in [-0.3, -0.25) is 9.69 Å². The van der Waals surface area contributed by atoms with Crippen LogP contribution < -0.4 is 14.8 Å². The van der Waals surface area contributed by atoms with Crippen LogP contribution in [-0.2, 0) is 17.8 Å². The van der Waals surface area contributed by atoms with E-state index in [1.54, 1.807) is 0 Å². The van der Waals surface area contributed by atoms with Gasteiger partial charge in [0.1, 0.15) is 0 Å². The normalized spacial score (nSPS) is 16.2. The summed E-state index contributed by atoms with van der Waals surface area (Å²) in [6.45, 7) is 1.13. The lowest BCUT2D eigenvalue weighted by Crippen LogP contribution is -2.33. The van der Waals surface area contributed by atoms with Crippen molar-refractivity contribution in [1.29, 1.82) is 0 Å². The molecule has 0 atom stereocenters. The molecule has 1 heterocycles. The zero-order valence-corrected chi connectivity index (χ0v) is 17.2. The Hall–Kier alpha value is -2.53. The van der Waals surface area contributed by atoms with Crippen molar-refractivity contribution in [1.82, 2.24) is 4.90 Å². The number of aryl methyl sites for hydroxylation is 1. The molecule has 29 heavy (non-hydrogen) atoms. The minimum absolute atomic E-state index is 0.0374. The van der Waals surface area contributed by atoms with Crippen LogP contribution in [0.15, 0.2) is 42.5 Å². The number of benzene rings is 2. The first-order valence-electron chi connectivity index (χ1n) is 10.7. The van der Waals surface area contributed by atoms with Gasteiger partial charge in [-0.2, -0.15) is 0 Å². The van der Waals surface area contributed by atoms with Crippen molar-refractivity contribution in [3.05, 3.63) is 53.6 Å². The Morgan fingerprint density at radius 3 is 2.72 bits per heavy atom. The molecule has 1 saturated carbocycles. The molecule has 0 saturated heterocycles. The Labute approximate surface area is 173 Å². The van der Waals surface area contributed by atoms with E-state index in [-0.39, 0.29) is 12.7 Å². The molecule has 5 heteroatoms. The maximum atomic E-state index is 12.6. The SMILES string of the molecule is CN(Cc1ccccc1NC(=O)CCc1ccc2c(c1)OCO2)C1CCCCC1. The smallest absolute Gasteiger partial charge is 0.231 e. The number of hydrogen-bond donors (Lipinski definition) is 1. The van der Waals surface area contributed by atoms with Crippen LogP contribution in [-0.4, -0.2) is 30.7 Å². The van der Waals surface area contributed by atoms with Crippen LogP contribution in [0.5, 0.6) is 11.5 Å². The van der Waals surface area contributed by atoms with E-state index in [1.165, 1.54) is 37.7 Å². The molecule has 1 aliphatic heterocycles. The molecule has 0 aromatic heterocycles. The number of hydrogen-bond acceptors (Lipinski definition) is 4. The molecule has 0 radical (unpaired) electrons. The number of carbonyl (C=O) groups excluding carboxylic acids is 1. The van der Waals surface area contributed by atoms with Crippen LogP contribution in [0, 0.1) is 0 Å². The van der Waals surface area contributed by atoms with E-state index in [9.17, 15) is 4.79 Å². The van der Waals surface area contributed by atoms with Gasteiger partial charge in [-0.05, 0) is 55.6 Å². The number of nitrogens with zero attached hydrogens (tertiary/aromatic N) is 1. The highest BCUT2D eigenvalue weighted by atomic mass is 16.7. The van der Waals surface area contributed by atoms with E-state index >= 15 is 0 Å². The topological polar surface area (TPSA) is 50.8 Å². The van der Waals surface area contributed by atoms with Gasteiger partial charge in [0.15, 0.2) is 11.5 Å². The van der Waals surface area contributed by atoms with Gasteiger partial charge >= 0.3 is 0 Å². The van der Waals surface area contributed by atoms with Crippen molar-refractivity contribution < 1.29 is 14.3 Å². The molecular weight excluding hydrogens is 364 g/mol. The third kappa shape index (κ3) is 5.10. The molecule has 1 N–H and O–H groups in total. The van der Waals surface area contributed by atoms with Crippen molar-refractivity contribution in [2.24, 2.45) is 0 Å². The minimum atomic E-state index is 0.0374. The monoisotopic (exact) mass is 394 g/mol. The number of carbonyl (C=O) groups is 1. The van der Waals surface area contributed by atoms with E-state index in [2.05, 4.69) is 23.3 Å². The Bertz CT molecular complexity index is 846. The average Bonchev–Trinajstić information content (AvgIpc) is 3.22. The molecule has 154 valence electrons. The predicted octanol–water partition coefficient (Wildman–Crippen LogP) is 4.75. The molecule has 1 fully saturated rings. The highest BCUT2D eigenvalue weighted by Gasteiger charge is 2.19. The Kier molecular flexibility index (Phi) is 6.35. The van der Waals surface area contributed by atoms with Crippen LogP contribution in [0.25, 0.3) is 0 Å². The summed E-state index contributed by atoms with van der Waals surface area (Å²) in [6.07, 6.45) is 7.68. The van der Waals surface area contributed by atoms with Crippen LogP contribution in [0.2, 0.25) is 0 Å². The lowest BCUT2D eigenvalue weighted by Gasteiger charge is -2.31. The zero-order valence-electron chi connectivity index (χ0n) is 17.2. The van der Waals surface area contributed by atoms with Crippen molar-refractivity contribution in [3.8, 4) is 11.5 Å². The molecule has 5 nitrogen and oxygen atoms in total. The van der Waals surface area contributed by atoms with E-state index in [0.717, 1.165) is 29.3 Å². The zero-order chi connectivity index (χ0) is 20.1. The van der Waals surface area contributed by atoms with E-state index in [1.807, 2.05) is 36.4 Å². The molecule has 1 aliphatic carbocycles. The average molecular weight is 395 g/mol. The first-order valence-corrected chi connectivity index (χ1v) is 10.7. The third-order valence-electron chi connectivity index (χ3n) is 5.99. The summed E-state index contributed by atoms with van der Waals surface area (Å²) in [6, 6.07) is 14.7. The second-order valence-corrected chi connectivity index (χ2v) is 8.10. The van der Waals surface area contributed by atoms with Crippen LogP contribution in [0.3, 0.4) is 0 Å². The van der Waals surface area contributed by atoms with Gasteiger partial charge in [-0.25, -0.2) is 0 Å². The molecule has 4 rings (SSSR count). The molecule has 0 spiro atoms. The first kappa shape index (κ1) is 19.8. The van der Waals surface area contributed by atoms with E-state index in [4.69, 9.17) is 9.47 Å². The molecule has 2 aromatic carbocycles. The number of fused-ring (bicyclic) bond motifs is 1. The lowest BCUT2D eigenvalue weighted by atomic mass is 9.94. The number of para-hydroxylation sites is 1. The summed E-state index contributed by atoms with van der Waals surface area (Å²) in [4.78, 5) is 15.0. The molecule has 2 aromatic rings. The Morgan fingerprint density at radius 1 is 1.07 bits per heavy atom. The van der Waals surface area contributed by atoms with Gasteiger partial charge < -0.3 is 14.8 Å². The van der Waals surface area contributed by atoms with Crippen molar-refractivity contribution in [3.63, 3.8) is 0 Å². The van der Waals surface area contributed by atoms with E-state index < -0.39 is 0 Å². The van der Waals surface area contributed by atoms with Gasteiger partial charge in [0.25, 0.3) is 0 Å². The Morgan fingerprint density at radius 2 is 1.86 bits per heavy atom. The second kappa shape index (κ2) is 9.31. The highest BCUT2D eigenvalue weighted by Crippen LogP contribution is 2.33. The van der Waals surface area contributed by atoms with Crippen LogP contribution >= 0.6 is 0 Å². The molecule has 2 aliphatic rings. The lowest BCUT2D eigenvalue weighted by molar-refractivity contribution is -0.116. The third-order valence-corrected chi connectivity index (χ3v) is 5.99. The fourth-order valence-corrected chi connectivity index (χ4v) is 4.27. The minimum Gasteiger partial charge on any atom is -0.454 e. The summed E-state index contributed by atoms with van der Waals surface area (Å²) in [5.74, 6) is 1.57. The maximum Gasteiger partial charge on any atom is 0.231 e. The fourth-order valence-electron chi connectivity index (χ4n) is 4.27. The summed E-state index contributed by atoms with van der Waals surface area (Å²) in [5.41, 5.74) is 3.18. The molecule has 1 amide bonds. The number of anilines is 1.